The van der Waals surface area contributed by atoms with Crippen molar-refractivity contribution < 1.29 is 0 Å². The molecule has 0 aliphatic carbocycles. The maximum Gasteiger partial charge on any atom is 0.261 e. The fourth-order valence-corrected chi connectivity index (χ4v) is 2.01. The summed E-state index contributed by atoms with van der Waals surface area (Å²) in [5, 5.41) is 0.687. The summed E-state index contributed by atoms with van der Waals surface area (Å²) < 4.78 is 1.68. The number of aromatic nitrogens is 2. The van der Waals surface area contributed by atoms with Crippen LogP contribution in [0.2, 0.25) is 0 Å². The molecule has 3 nitrogen and oxygen atoms in total. The van der Waals surface area contributed by atoms with Crippen LogP contribution < -0.4 is 5.56 Å². The third kappa shape index (κ3) is 2.86. The van der Waals surface area contributed by atoms with Gasteiger partial charge in [0, 0.05) is 12.4 Å². The Morgan fingerprint density at radius 1 is 1.18 bits per heavy atom. The molecule has 0 saturated heterocycles. The van der Waals surface area contributed by atoms with E-state index in [4.69, 9.17) is 11.6 Å². The van der Waals surface area contributed by atoms with Crippen LogP contribution in [-0.2, 0) is 6.54 Å². The highest BCUT2D eigenvalue weighted by Gasteiger charge is 2.02. The molecule has 1 aromatic heterocycles. The van der Waals surface area contributed by atoms with Crippen molar-refractivity contribution in [1.29, 1.82) is 0 Å². The van der Waals surface area contributed by atoms with Crippen LogP contribution >= 0.6 is 11.6 Å². The van der Waals surface area contributed by atoms with Gasteiger partial charge in [-0.1, -0.05) is 18.6 Å². The summed E-state index contributed by atoms with van der Waals surface area (Å²) in [5.74, 6) is 0.685. The van der Waals surface area contributed by atoms with E-state index in [0.29, 0.717) is 17.8 Å². The number of benzene rings is 1. The van der Waals surface area contributed by atoms with Gasteiger partial charge in [0.15, 0.2) is 0 Å². The second-order valence-corrected chi connectivity index (χ2v) is 4.39. The average Bonchev–Trinajstić information content (AvgIpc) is 2.37. The lowest BCUT2D eigenvalue weighted by Gasteiger charge is -2.05. The van der Waals surface area contributed by atoms with E-state index in [-0.39, 0.29) is 5.56 Å². The Balaban J connectivity index is 2.18. The number of hydrogen-bond acceptors (Lipinski definition) is 2. The van der Waals surface area contributed by atoms with E-state index >= 15 is 0 Å². The predicted molar refractivity (Wildman–Crippen MR) is 70.6 cm³/mol. The first-order valence-corrected chi connectivity index (χ1v) is 6.36. The summed E-state index contributed by atoms with van der Waals surface area (Å²) in [5.41, 5.74) is 0.802. The van der Waals surface area contributed by atoms with Gasteiger partial charge in [0.1, 0.15) is 0 Å². The average molecular weight is 251 g/mol. The molecule has 2 rings (SSSR count). The smallest absolute Gasteiger partial charge is 0.261 e. The zero-order valence-electron chi connectivity index (χ0n) is 9.60. The number of hydrogen-bond donors (Lipinski definition) is 0. The summed E-state index contributed by atoms with van der Waals surface area (Å²) in [7, 11) is 0. The molecule has 0 spiro atoms. The van der Waals surface area contributed by atoms with E-state index < -0.39 is 0 Å². The van der Waals surface area contributed by atoms with Crippen molar-refractivity contribution in [3.8, 4) is 0 Å². The number of aryl methyl sites for hydroxylation is 1. The number of rotatable bonds is 5. The van der Waals surface area contributed by atoms with E-state index in [1.807, 2.05) is 24.3 Å². The minimum absolute atomic E-state index is 0.0430. The molecule has 0 atom stereocenters. The van der Waals surface area contributed by atoms with Crippen LogP contribution in [0.4, 0.5) is 0 Å². The molecule has 0 bridgehead atoms. The first kappa shape index (κ1) is 12.1. The van der Waals surface area contributed by atoms with Crippen molar-refractivity contribution in [2.45, 2.75) is 25.8 Å². The molecule has 0 N–H and O–H groups in total. The van der Waals surface area contributed by atoms with Gasteiger partial charge in [0.05, 0.1) is 17.2 Å². The number of fused-ring (bicyclic) bond motifs is 1. The van der Waals surface area contributed by atoms with E-state index in [1.165, 1.54) is 0 Å². The van der Waals surface area contributed by atoms with Crippen LogP contribution in [0.3, 0.4) is 0 Å². The lowest BCUT2D eigenvalue weighted by molar-refractivity contribution is 0.585. The van der Waals surface area contributed by atoms with E-state index in [9.17, 15) is 4.79 Å². The molecular weight excluding hydrogens is 236 g/mol. The van der Waals surface area contributed by atoms with Gasteiger partial charge in [-0.15, -0.1) is 11.6 Å². The number of para-hydroxylation sites is 1. The number of alkyl halides is 1. The van der Waals surface area contributed by atoms with Crippen molar-refractivity contribution >= 4 is 22.5 Å². The van der Waals surface area contributed by atoms with Crippen LogP contribution in [0.1, 0.15) is 19.3 Å². The molecule has 1 heterocycles. The van der Waals surface area contributed by atoms with Gasteiger partial charge >= 0.3 is 0 Å². The highest BCUT2D eigenvalue weighted by molar-refractivity contribution is 6.17. The molecule has 0 radical (unpaired) electrons. The summed E-state index contributed by atoms with van der Waals surface area (Å²) in [6.07, 6.45) is 4.64. The Labute approximate surface area is 105 Å². The van der Waals surface area contributed by atoms with Crippen molar-refractivity contribution in [1.82, 2.24) is 9.55 Å². The van der Waals surface area contributed by atoms with Crippen molar-refractivity contribution in [2.75, 3.05) is 5.88 Å². The molecule has 2 aromatic rings. The third-order valence-electron chi connectivity index (χ3n) is 2.76. The molecule has 17 heavy (non-hydrogen) atoms. The maximum atomic E-state index is 12.1. The Hall–Kier alpha value is -1.35. The van der Waals surface area contributed by atoms with Gasteiger partial charge in [-0.2, -0.15) is 0 Å². The molecule has 0 aliphatic heterocycles. The highest BCUT2D eigenvalue weighted by Crippen LogP contribution is 2.05. The summed E-state index contributed by atoms with van der Waals surface area (Å²) in [6.45, 7) is 0.716. The van der Waals surface area contributed by atoms with Gasteiger partial charge in [0.2, 0.25) is 0 Å². The second-order valence-electron chi connectivity index (χ2n) is 4.01. The first-order chi connectivity index (χ1) is 8.33. The molecular formula is C13H15ClN2O. The lowest BCUT2D eigenvalue weighted by atomic mass is 10.2. The fraction of sp³-hybridized carbons (Fsp3) is 0.385. The first-order valence-electron chi connectivity index (χ1n) is 5.83. The zero-order chi connectivity index (χ0) is 12.1. The molecule has 0 unspecified atom stereocenters. The topological polar surface area (TPSA) is 34.9 Å². The van der Waals surface area contributed by atoms with Crippen molar-refractivity contribution in [3.05, 3.63) is 40.9 Å². The predicted octanol–water partition coefficient (Wildman–Crippen LogP) is 2.81. The van der Waals surface area contributed by atoms with Crippen LogP contribution in [0.5, 0.6) is 0 Å². The van der Waals surface area contributed by atoms with Crippen molar-refractivity contribution in [2.24, 2.45) is 0 Å². The van der Waals surface area contributed by atoms with Crippen LogP contribution in [-0.4, -0.2) is 15.4 Å². The number of nitrogens with zero attached hydrogens (tertiary/aromatic N) is 2. The van der Waals surface area contributed by atoms with Crippen LogP contribution in [0.25, 0.3) is 10.9 Å². The minimum atomic E-state index is 0.0430. The Bertz CT molecular complexity index is 550. The second kappa shape index (κ2) is 5.82. The molecule has 1 aromatic carbocycles. The van der Waals surface area contributed by atoms with E-state index in [1.54, 1.807) is 10.9 Å². The van der Waals surface area contributed by atoms with Gasteiger partial charge in [-0.3, -0.25) is 9.36 Å². The lowest BCUT2D eigenvalue weighted by Crippen LogP contribution is -2.20. The van der Waals surface area contributed by atoms with Crippen LogP contribution in [0.15, 0.2) is 35.4 Å². The van der Waals surface area contributed by atoms with Gasteiger partial charge in [0.25, 0.3) is 5.56 Å². The molecule has 0 aliphatic rings. The SMILES string of the molecule is O=c1c2ccccc2ncn1CCCCCCl. The summed E-state index contributed by atoms with van der Waals surface area (Å²) in [6, 6.07) is 7.43. The molecule has 0 amide bonds. The molecule has 4 heteroatoms. The van der Waals surface area contributed by atoms with Gasteiger partial charge in [-0.25, -0.2) is 4.98 Å². The normalized spacial score (nSPS) is 10.9. The summed E-state index contributed by atoms with van der Waals surface area (Å²) >= 11 is 5.61. The quantitative estimate of drug-likeness (QED) is 0.604. The van der Waals surface area contributed by atoms with Crippen LogP contribution in [0, 0.1) is 0 Å². The van der Waals surface area contributed by atoms with Crippen molar-refractivity contribution in [3.63, 3.8) is 0 Å². The summed E-state index contributed by atoms with van der Waals surface area (Å²) in [4.78, 5) is 16.4. The minimum Gasteiger partial charge on any atom is -0.299 e. The van der Waals surface area contributed by atoms with E-state index in [0.717, 1.165) is 24.8 Å². The maximum absolute atomic E-state index is 12.1. The Kier molecular flexibility index (Phi) is 4.15. The number of halogens is 1. The van der Waals surface area contributed by atoms with Gasteiger partial charge in [-0.05, 0) is 25.0 Å². The number of unbranched alkanes of at least 4 members (excludes halogenated alkanes) is 2. The zero-order valence-corrected chi connectivity index (χ0v) is 10.4. The fourth-order valence-electron chi connectivity index (χ4n) is 1.82. The standard InChI is InChI=1S/C13H15ClN2O/c14-8-4-1-5-9-16-10-15-12-7-3-2-6-11(12)13(16)17/h2-3,6-7,10H,1,4-5,8-9H2. The molecule has 0 fully saturated rings. The van der Waals surface area contributed by atoms with E-state index in [2.05, 4.69) is 4.98 Å². The van der Waals surface area contributed by atoms with Gasteiger partial charge < -0.3 is 0 Å². The largest absolute Gasteiger partial charge is 0.299 e. The molecule has 90 valence electrons. The third-order valence-corrected chi connectivity index (χ3v) is 3.03. The molecule has 0 saturated carbocycles. The Morgan fingerprint density at radius 3 is 2.82 bits per heavy atom. The Morgan fingerprint density at radius 2 is 2.00 bits per heavy atom. The monoisotopic (exact) mass is 250 g/mol. The highest BCUT2D eigenvalue weighted by atomic mass is 35.5.